The first-order valence-electron chi connectivity index (χ1n) is 29.6. The SMILES string of the molecule is CO[C@H]1C[C@@H]2CC[C@@H](C)[C@@](O)(O2)C(=O)C(=O)N2CCCC[C@H]2C(=O)O[C@H]([C@H](C)C[C@@H]2CC[C@@H](O)[C@H](OC)C2)CC(=O)[C@H](C)/C=C(\C)[C@@H](O)[C@@H](OC)C(=O)[C@H](C)C[C@H](C)\C=C/C=C/C=C/1C.Nc1nc(Cl)nc2c1ncn2[C@H]1C[C@H](O)[C@@H](CO)O1. The Kier molecular flexibility index (Phi) is 25.3. The molecule has 1 saturated carbocycles. The van der Waals surface area contributed by atoms with E-state index in [2.05, 4.69) is 15.0 Å². The number of ether oxygens (including phenoxy) is 6. The van der Waals surface area contributed by atoms with Crippen LogP contribution < -0.4 is 5.73 Å². The van der Waals surface area contributed by atoms with E-state index >= 15 is 0 Å². The van der Waals surface area contributed by atoms with Gasteiger partial charge in [0, 0.05) is 64.9 Å². The summed E-state index contributed by atoms with van der Waals surface area (Å²) >= 11 is 5.77. The van der Waals surface area contributed by atoms with Crippen LogP contribution in [-0.2, 0) is 52.4 Å². The molecule has 84 heavy (non-hydrogen) atoms. The van der Waals surface area contributed by atoms with E-state index in [0.717, 1.165) is 12.0 Å². The second-order valence-electron chi connectivity index (χ2n) is 23.9. The zero-order valence-corrected chi connectivity index (χ0v) is 51.1. The maximum atomic E-state index is 14.4. The van der Waals surface area contributed by atoms with Crippen molar-refractivity contribution in [2.75, 3.05) is 40.2 Å². The van der Waals surface area contributed by atoms with Gasteiger partial charge >= 0.3 is 5.97 Å². The van der Waals surface area contributed by atoms with Crippen LogP contribution in [0.4, 0.5) is 5.82 Å². The molecule has 2 aromatic rings. The number of ketones is 3. The molecule has 2 aromatic heterocycles. The fourth-order valence-corrected chi connectivity index (χ4v) is 12.5. The number of allylic oxidation sites excluding steroid dienone is 6. The number of hydrogen-bond acceptors (Lipinski definition) is 20. The Balaban J connectivity index is 0.000000496. The number of fused-ring (bicyclic) bond motifs is 4. The molecular formula is C61H91ClN6O16. The van der Waals surface area contributed by atoms with Gasteiger partial charge < -0.3 is 64.6 Å². The van der Waals surface area contributed by atoms with Gasteiger partial charge in [-0.3, -0.25) is 23.7 Å². The van der Waals surface area contributed by atoms with Crippen LogP contribution in [0.3, 0.4) is 0 Å². The minimum Gasteiger partial charge on any atom is -0.460 e. The molecule has 4 fully saturated rings. The number of nitrogens with zero attached hydrogens (tertiary/aromatic N) is 5. The lowest BCUT2D eigenvalue weighted by Gasteiger charge is -2.42. The highest BCUT2D eigenvalue weighted by Crippen LogP contribution is 2.38. The van der Waals surface area contributed by atoms with Crippen molar-refractivity contribution in [3.8, 4) is 0 Å². The molecule has 2 bridgehead atoms. The van der Waals surface area contributed by atoms with E-state index in [0.29, 0.717) is 80.9 Å². The van der Waals surface area contributed by atoms with Crippen molar-refractivity contribution in [3.63, 3.8) is 0 Å². The molecule has 1 aliphatic carbocycles. The molecule has 1 amide bonds. The molecule has 6 heterocycles. The van der Waals surface area contributed by atoms with Crippen LogP contribution in [0.25, 0.3) is 11.2 Å². The van der Waals surface area contributed by atoms with Crippen molar-refractivity contribution in [2.24, 2.45) is 35.5 Å². The molecule has 0 aromatic carbocycles. The monoisotopic (exact) mass is 1200 g/mol. The summed E-state index contributed by atoms with van der Waals surface area (Å²) in [5.74, 6) is -7.77. The number of cyclic esters (lactones) is 1. The van der Waals surface area contributed by atoms with Gasteiger partial charge in [-0.1, -0.05) is 71.1 Å². The summed E-state index contributed by atoms with van der Waals surface area (Å²) in [4.78, 5) is 83.8. The summed E-state index contributed by atoms with van der Waals surface area (Å²) in [7, 11) is 4.52. The third kappa shape index (κ3) is 17.0. The van der Waals surface area contributed by atoms with Gasteiger partial charge in [-0.05, 0) is 119 Å². The zero-order valence-electron chi connectivity index (χ0n) is 50.4. The average Bonchev–Trinajstić information content (AvgIpc) is 2.34. The summed E-state index contributed by atoms with van der Waals surface area (Å²) in [5.41, 5.74) is 7.84. The largest absolute Gasteiger partial charge is 0.460 e. The van der Waals surface area contributed by atoms with Gasteiger partial charge in [0.15, 0.2) is 17.2 Å². The standard InChI is InChI=1S/C51H79NO13.C10H12ClN5O3/c1-30-16-12-11-13-17-31(2)42(61-8)28-38-21-19-36(7)51(60,65-38)48(57)49(58)52-23-15-14-18-39(52)50(59)64-43(33(4)26-37-20-22-40(53)44(27-37)62-9)29-41(54)32(3)25-35(6)46(56)47(63-10)45(55)34(5)24-30;11-10-14-8(12)7-9(15-10)16(3-13-7)6-1-4(18)5(2-17)19-6/h11-13,16-17,25,30,32-34,36-40,42-44,46-47,53,56,60H,14-15,18-24,26-29H2,1-10H3;3-6,17-18H,1-2H2,(H2,12,14,15)/b13-11+,16-12-,31-17+,35-25+;/t30-,32-,33-,34-,36-,37+,38+,39+,40-,42+,43+,44-,46-,47+,51-;4-,5+,6+/m10/s1. The number of piperidine rings is 1. The number of aliphatic hydroxyl groups excluding tert-OH is 4. The molecule has 3 saturated heterocycles. The number of aromatic nitrogens is 4. The van der Waals surface area contributed by atoms with Gasteiger partial charge in [0.25, 0.3) is 11.7 Å². The number of hydrogen-bond donors (Lipinski definition) is 6. The third-order valence-electron chi connectivity index (χ3n) is 17.6. The van der Waals surface area contributed by atoms with Crippen LogP contribution in [0.5, 0.6) is 0 Å². The second kappa shape index (κ2) is 31.2. The van der Waals surface area contributed by atoms with Gasteiger partial charge in [-0.25, -0.2) is 9.78 Å². The van der Waals surface area contributed by atoms with Gasteiger partial charge in [-0.15, -0.1) is 0 Å². The number of halogens is 1. The van der Waals surface area contributed by atoms with Gasteiger partial charge in [0.1, 0.15) is 48.0 Å². The van der Waals surface area contributed by atoms with Crippen LogP contribution in [0.15, 0.2) is 53.9 Å². The number of nitrogens with two attached hydrogens (primary N) is 1. The van der Waals surface area contributed by atoms with Crippen LogP contribution >= 0.6 is 11.6 Å². The van der Waals surface area contributed by atoms with E-state index in [1.807, 2.05) is 58.1 Å². The van der Waals surface area contributed by atoms with E-state index in [9.17, 15) is 44.4 Å². The van der Waals surface area contributed by atoms with Gasteiger partial charge in [-0.2, -0.15) is 9.97 Å². The Morgan fingerprint density at radius 1 is 0.869 bits per heavy atom. The molecule has 7 rings (SSSR count). The van der Waals surface area contributed by atoms with E-state index in [1.54, 1.807) is 45.6 Å². The molecule has 7 N–H and O–H groups in total. The van der Waals surface area contributed by atoms with Crippen LogP contribution in [-0.4, -0.2) is 180 Å². The second-order valence-corrected chi connectivity index (χ2v) is 24.2. The molecule has 468 valence electrons. The molecule has 5 aliphatic rings. The summed E-state index contributed by atoms with van der Waals surface area (Å²) in [6.07, 6.45) is 11.2. The van der Waals surface area contributed by atoms with Gasteiger partial charge in [0.05, 0.1) is 43.5 Å². The number of methoxy groups -OCH3 is 3. The Labute approximate surface area is 498 Å². The lowest BCUT2D eigenvalue weighted by molar-refractivity contribution is -0.265. The normalized spacial score (nSPS) is 37.4. The molecule has 23 heteroatoms. The lowest BCUT2D eigenvalue weighted by Crippen LogP contribution is -2.61. The highest BCUT2D eigenvalue weighted by atomic mass is 35.5. The highest BCUT2D eigenvalue weighted by Gasteiger charge is 2.53. The Morgan fingerprint density at radius 3 is 2.29 bits per heavy atom. The smallest absolute Gasteiger partial charge is 0.329 e. The quantitative estimate of drug-likeness (QED) is 0.0777. The van der Waals surface area contributed by atoms with Crippen molar-refractivity contribution in [3.05, 3.63) is 59.2 Å². The minimum atomic E-state index is -2.43. The van der Waals surface area contributed by atoms with E-state index in [4.69, 9.17) is 50.9 Å². The van der Waals surface area contributed by atoms with E-state index in [1.165, 1.54) is 18.3 Å². The molecule has 22 nitrogen and oxygen atoms in total. The molecular weight excluding hydrogens is 1110 g/mol. The maximum absolute atomic E-state index is 14.4. The molecule has 0 radical (unpaired) electrons. The fraction of sp³-hybridized carbons (Fsp3) is 0.705. The van der Waals surface area contributed by atoms with Crippen molar-refractivity contribution in [1.29, 1.82) is 0 Å². The van der Waals surface area contributed by atoms with Crippen molar-refractivity contribution < 1.29 is 77.9 Å². The molecule has 4 aliphatic heterocycles. The summed E-state index contributed by atoms with van der Waals surface area (Å²) in [5, 5.41) is 52.7. The number of Topliss-reactive ketones (excluding diaryl/α,β-unsaturated/α-hetero) is 3. The number of imidazole rings is 1. The number of carbonyl (C=O) groups excluding carboxylic acids is 5. The minimum absolute atomic E-state index is 0.0176. The first kappa shape index (κ1) is 68.3. The fourth-order valence-electron chi connectivity index (χ4n) is 12.3. The molecule has 0 unspecified atom stereocenters. The Bertz CT molecular complexity index is 2700. The first-order valence-corrected chi connectivity index (χ1v) is 30.0. The topological polar surface area (TPSA) is 315 Å². The Hall–Kier alpha value is -4.85. The number of esters is 1. The predicted molar refractivity (Wildman–Crippen MR) is 312 cm³/mol. The van der Waals surface area contributed by atoms with Crippen LogP contribution in [0.1, 0.15) is 138 Å². The lowest BCUT2D eigenvalue weighted by atomic mass is 9.78. The number of carbonyl (C=O) groups is 5. The van der Waals surface area contributed by atoms with Crippen LogP contribution in [0, 0.1) is 35.5 Å². The first-order chi connectivity index (χ1) is 39.8. The number of aliphatic hydroxyl groups is 5. The maximum Gasteiger partial charge on any atom is 0.329 e. The Morgan fingerprint density at radius 2 is 1.61 bits per heavy atom. The number of anilines is 1. The highest BCUT2D eigenvalue weighted by molar-refractivity contribution is 6.39. The van der Waals surface area contributed by atoms with Crippen molar-refractivity contribution >= 4 is 57.8 Å². The van der Waals surface area contributed by atoms with Crippen molar-refractivity contribution in [2.45, 2.75) is 205 Å². The van der Waals surface area contributed by atoms with E-state index in [-0.39, 0.29) is 72.5 Å². The number of nitrogen functional groups attached to an aromatic ring is 1. The average molecular weight is 1200 g/mol. The summed E-state index contributed by atoms with van der Waals surface area (Å²) in [6, 6.07) is -1.14. The number of amides is 1. The number of rotatable bonds is 8. The predicted octanol–water partition coefficient (Wildman–Crippen LogP) is 5.88. The zero-order chi connectivity index (χ0) is 61.7. The summed E-state index contributed by atoms with van der Waals surface area (Å²) < 4.78 is 36.5. The van der Waals surface area contributed by atoms with Gasteiger partial charge in [0.2, 0.25) is 11.1 Å². The third-order valence-corrected chi connectivity index (χ3v) is 17.8. The van der Waals surface area contributed by atoms with Crippen molar-refractivity contribution in [1.82, 2.24) is 24.4 Å². The summed E-state index contributed by atoms with van der Waals surface area (Å²) in [6.45, 7) is 12.5. The molecule has 18 atom stereocenters. The van der Waals surface area contributed by atoms with Crippen LogP contribution in [0.2, 0.25) is 5.28 Å². The molecule has 0 spiro atoms. The van der Waals surface area contributed by atoms with E-state index < -0.39 is 102 Å².